The standard InChI is InChI=1S/C22H27ClN4O5S/c1-24-15-19(33(30,31)27-8-2-3-9-27)14-20(24)22(29)26-12-10-25(11-13-26)21(28)16-32-18-6-4-17(23)5-7-18/h4-7,14-15H,2-3,8-13,16H2,1H3. The van der Waals surface area contributed by atoms with E-state index >= 15 is 0 Å². The molecule has 0 atom stereocenters. The second-order valence-electron chi connectivity index (χ2n) is 8.20. The number of sulfonamides is 1. The van der Waals surface area contributed by atoms with Gasteiger partial charge in [-0.15, -0.1) is 0 Å². The molecule has 2 saturated heterocycles. The Labute approximate surface area is 198 Å². The monoisotopic (exact) mass is 494 g/mol. The molecule has 0 radical (unpaired) electrons. The van der Waals surface area contributed by atoms with Crippen LogP contribution in [-0.2, 0) is 21.9 Å². The summed E-state index contributed by atoms with van der Waals surface area (Å²) in [5.41, 5.74) is 0.318. The van der Waals surface area contributed by atoms with Gasteiger partial charge in [-0.2, -0.15) is 4.31 Å². The number of rotatable bonds is 6. The van der Waals surface area contributed by atoms with Crippen LogP contribution in [0.4, 0.5) is 0 Å². The number of carbonyl (C=O) groups is 2. The van der Waals surface area contributed by atoms with E-state index in [9.17, 15) is 18.0 Å². The number of hydrogen-bond acceptors (Lipinski definition) is 5. The van der Waals surface area contributed by atoms with E-state index < -0.39 is 10.0 Å². The minimum Gasteiger partial charge on any atom is -0.484 e. The summed E-state index contributed by atoms with van der Waals surface area (Å²) in [6, 6.07) is 8.23. The van der Waals surface area contributed by atoms with Gasteiger partial charge in [0.2, 0.25) is 10.0 Å². The van der Waals surface area contributed by atoms with E-state index in [1.54, 1.807) is 45.7 Å². The van der Waals surface area contributed by atoms with E-state index in [1.165, 1.54) is 16.6 Å². The second kappa shape index (κ2) is 9.74. The van der Waals surface area contributed by atoms with Gasteiger partial charge in [0.1, 0.15) is 16.3 Å². The fourth-order valence-electron chi connectivity index (χ4n) is 4.05. The largest absolute Gasteiger partial charge is 0.484 e. The van der Waals surface area contributed by atoms with Crippen molar-refractivity contribution < 1.29 is 22.7 Å². The molecule has 1 aromatic heterocycles. The van der Waals surface area contributed by atoms with Crippen LogP contribution in [0.2, 0.25) is 5.02 Å². The highest BCUT2D eigenvalue weighted by Crippen LogP contribution is 2.23. The molecule has 178 valence electrons. The summed E-state index contributed by atoms with van der Waals surface area (Å²) in [7, 11) is -1.92. The van der Waals surface area contributed by atoms with Crippen molar-refractivity contribution in [2.45, 2.75) is 17.7 Å². The number of ether oxygens (including phenoxy) is 1. The Balaban J connectivity index is 1.33. The van der Waals surface area contributed by atoms with Gasteiger partial charge in [0, 0.05) is 57.5 Å². The first kappa shape index (κ1) is 23.6. The Kier molecular flexibility index (Phi) is 6.96. The third-order valence-electron chi connectivity index (χ3n) is 6.00. The Morgan fingerprint density at radius 3 is 2.21 bits per heavy atom. The van der Waals surface area contributed by atoms with Gasteiger partial charge in [-0.1, -0.05) is 11.6 Å². The molecule has 2 aromatic rings. The maximum Gasteiger partial charge on any atom is 0.270 e. The summed E-state index contributed by atoms with van der Waals surface area (Å²) in [5, 5.41) is 0.591. The van der Waals surface area contributed by atoms with Crippen LogP contribution in [0.1, 0.15) is 23.3 Å². The van der Waals surface area contributed by atoms with Crippen molar-refractivity contribution in [3.63, 3.8) is 0 Å². The highest BCUT2D eigenvalue weighted by atomic mass is 35.5. The Morgan fingerprint density at radius 2 is 1.58 bits per heavy atom. The molecular formula is C22H27ClN4O5S. The highest BCUT2D eigenvalue weighted by molar-refractivity contribution is 7.89. The van der Waals surface area contributed by atoms with E-state index in [4.69, 9.17) is 16.3 Å². The number of amides is 2. The van der Waals surface area contributed by atoms with Gasteiger partial charge in [-0.3, -0.25) is 9.59 Å². The minimum atomic E-state index is -3.59. The number of piperazine rings is 1. The number of benzene rings is 1. The summed E-state index contributed by atoms with van der Waals surface area (Å²) >= 11 is 5.85. The van der Waals surface area contributed by atoms with E-state index in [-0.39, 0.29) is 23.3 Å². The first-order valence-corrected chi connectivity index (χ1v) is 12.7. The molecule has 0 N–H and O–H groups in total. The normalized spacial score (nSPS) is 17.4. The number of carbonyl (C=O) groups excluding carboxylic acids is 2. The van der Waals surface area contributed by atoms with Crippen molar-refractivity contribution in [1.82, 2.24) is 18.7 Å². The van der Waals surface area contributed by atoms with Crippen LogP contribution in [0, 0.1) is 0 Å². The number of hydrogen-bond donors (Lipinski definition) is 0. The zero-order valence-electron chi connectivity index (χ0n) is 18.4. The van der Waals surface area contributed by atoms with Crippen LogP contribution in [0.15, 0.2) is 41.4 Å². The van der Waals surface area contributed by atoms with Crippen molar-refractivity contribution in [2.75, 3.05) is 45.9 Å². The van der Waals surface area contributed by atoms with Gasteiger partial charge in [-0.25, -0.2) is 8.42 Å². The summed E-state index contributed by atoms with van der Waals surface area (Å²) in [5.74, 6) is 0.157. The molecule has 2 fully saturated rings. The van der Waals surface area contributed by atoms with Crippen molar-refractivity contribution in [1.29, 1.82) is 0 Å². The topological polar surface area (TPSA) is 92.2 Å². The average molecular weight is 495 g/mol. The summed E-state index contributed by atoms with van der Waals surface area (Å²) in [6.45, 7) is 2.44. The van der Waals surface area contributed by atoms with E-state index in [0.29, 0.717) is 55.7 Å². The van der Waals surface area contributed by atoms with E-state index in [2.05, 4.69) is 0 Å². The Hall–Kier alpha value is -2.56. The fourth-order valence-corrected chi connectivity index (χ4v) is 5.77. The van der Waals surface area contributed by atoms with Gasteiger partial charge in [0.25, 0.3) is 11.8 Å². The van der Waals surface area contributed by atoms with Crippen LogP contribution in [-0.4, -0.2) is 84.8 Å². The van der Waals surface area contributed by atoms with Crippen molar-refractivity contribution in [3.8, 4) is 5.75 Å². The first-order chi connectivity index (χ1) is 15.8. The van der Waals surface area contributed by atoms with Crippen LogP contribution >= 0.6 is 11.6 Å². The maximum absolute atomic E-state index is 13.1. The van der Waals surface area contributed by atoms with Crippen molar-refractivity contribution in [3.05, 3.63) is 47.2 Å². The number of nitrogens with zero attached hydrogens (tertiary/aromatic N) is 4. The maximum atomic E-state index is 13.1. The smallest absolute Gasteiger partial charge is 0.270 e. The summed E-state index contributed by atoms with van der Waals surface area (Å²) in [6.07, 6.45) is 3.20. The van der Waals surface area contributed by atoms with Gasteiger partial charge < -0.3 is 19.1 Å². The van der Waals surface area contributed by atoms with Crippen LogP contribution in [0.25, 0.3) is 0 Å². The summed E-state index contributed by atoms with van der Waals surface area (Å²) < 4.78 is 34.2. The lowest BCUT2D eigenvalue weighted by Crippen LogP contribution is -2.51. The van der Waals surface area contributed by atoms with Gasteiger partial charge >= 0.3 is 0 Å². The SMILES string of the molecule is Cn1cc(S(=O)(=O)N2CCCC2)cc1C(=O)N1CCN(C(=O)COc2ccc(Cl)cc2)CC1. The first-order valence-electron chi connectivity index (χ1n) is 10.9. The minimum absolute atomic E-state index is 0.0922. The molecule has 1 aromatic carbocycles. The molecule has 0 unspecified atom stereocenters. The van der Waals surface area contributed by atoms with Crippen molar-refractivity contribution >= 4 is 33.4 Å². The Morgan fingerprint density at radius 1 is 0.970 bits per heavy atom. The van der Waals surface area contributed by atoms with E-state index in [0.717, 1.165) is 12.8 Å². The molecule has 33 heavy (non-hydrogen) atoms. The predicted molar refractivity (Wildman–Crippen MR) is 123 cm³/mol. The zero-order chi connectivity index (χ0) is 23.6. The van der Waals surface area contributed by atoms with Crippen LogP contribution in [0.3, 0.4) is 0 Å². The fraction of sp³-hybridized carbons (Fsp3) is 0.455. The average Bonchev–Trinajstić information content (AvgIpc) is 3.49. The van der Waals surface area contributed by atoms with Gasteiger partial charge in [0.05, 0.1) is 0 Å². The molecule has 2 aliphatic rings. The number of aryl methyl sites for hydroxylation is 1. The second-order valence-corrected chi connectivity index (χ2v) is 10.6. The summed E-state index contributed by atoms with van der Waals surface area (Å²) in [4.78, 5) is 29.0. The van der Waals surface area contributed by atoms with Gasteiger partial charge in [-0.05, 0) is 43.2 Å². The molecule has 0 aliphatic carbocycles. The van der Waals surface area contributed by atoms with Crippen LogP contribution in [0.5, 0.6) is 5.75 Å². The predicted octanol–water partition coefficient (Wildman–Crippen LogP) is 1.83. The molecule has 9 nitrogen and oxygen atoms in total. The quantitative estimate of drug-likeness (QED) is 0.611. The molecule has 4 rings (SSSR count). The van der Waals surface area contributed by atoms with Crippen LogP contribution < -0.4 is 4.74 Å². The third-order valence-corrected chi connectivity index (χ3v) is 8.11. The molecule has 2 aliphatic heterocycles. The number of halogens is 1. The lowest BCUT2D eigenvalue weighted by atomic mass is 10.2. The van der Waals surface area contributed by atoms with Gasteiger partial charge in [0.15, 0.2) is 6.61 Å². The molecule has 3 heterocycles. The molecule has 0 spiro atoms. The molecule has 2 amide bonds. The lowest BCUT2D eigenvalue weighted by Gasteiger charge is -2.34. The zero-order valence-corrected chi connectivity index (χ0v) is 20.0. The Bertz CT molecular complexity index is 1120. The lowest BCUT2D eigenvalue weighted by molar-refractivity contribution is -0.134. The number of aromatic nitrogens is 1. The third kappa shape index (κ3) is 5.18. The molecular weight excluding hydrogens is 468 g/mol. The van der Waals surface area contributed by atoms with E-state index in [1.807, 2.05) is 0 Å². The molecule has 0 bridgehead atoms. The molecule has 0 saturated carbocycles. The van der Waals surface area contributed by atoms with Crippen molar-refractivity contribution in [2.24, 2.45) is 7.05 Å². The molecule has 11 heteroatoms. The highest BCUT2D eigenvalue weighted by Gasteiger charge is 2.31.